The molecule has 152 valence electrons. The van der Waals surface area contributed by atoms with E-state index < -0.39 is 0 Å². The molecule has 2 aliphatic rings. The Morgan fingerprint density at radius 1 is 1.10 bits per heavy atom. The molecule has 2 amide bonds. The molecular formula is C23H28N4O2. The highest BCUT2D eigenvalue weighted by atomic mass is 16.2. The topological polar surface area (TPSA) is 56.8 Å². The minimum absolute atomic E-state index is 0.00941. The van der Waals surface area contributed by atoms with Gasteiger partial charge in [0.05, 0.1) is 12.2 Å². The molecule has 0 atom stereocenters. The number of rotatable bonds is 4. The van der Waals surface area contributed by atoms with E-state index in [0.29, 0.717) is 31.0 Å². The van der Waals surface area contributed by atoms with Gasteiger partial charge in [-0.15, -0.1) is 0 Å². The van der Waals surface area contributed by atoms with E-state index in [9.17, 15) is 9.59 Å². The molecule has 6 heteroatoms. The lowest BCUT2D eigenvalue weighted by molar-refractivity contribution is -0.133. The molecule has 1 fully saturated rings. The second kappa shape index (κ2) is 7.50. The van der Waals surface area contributed by atoms with Crippen LogP contribution in [0.3, 0.4) is 0 Å². The number of carbonyl (C=O) groups is 2. The fourth-order valence-corrected chi connectivity index (χ4v) is 4.25. The van der Waals surface area contributed by atoms with Crippen molar-refractivity contribution in [1.29, 1.82) is 0 Å². The molecule has 0 spiro atoms. The van der Waals surface area contributed by atoms with Crippen molar-refractivity contribution < 1.29 is 9.59 Å². The molecule has 1 aromatic heterocycles. The minimum atomic E-state index is 0.00941. The number of nitrogens with zero attached hydrogens (tertiary/aromatic N) is 4. The largest absolute Gasteiger partial charge is 0.371 e. The number of aromatic nitrogens is 1. The number of amides is 2. The van der Waals surface area contributed by atoms with Crippen LogP contribution in [0.15, 0.2) is 30.3 Å². The van der Waals surface area contributed by atoms with Crippen molar-refractivity contribution >= 4 is 17.5 Å². The standard InChI is InChI=1S/C23H28N4O2/c1-15-9-16(2)24-21-14-27(13-20(15)21)22(28)10-17-11-26(12-17)19-7-5-18(6-8-19)23(29)25(3)4/h5-9,17H,10-14H2,1-4H3. The summed E-state index contributed by atoms with van der Waals surface area (Å²) in [5.74, 6) is 0.608. The first-order valence-corrected chi connectivity index (χ1v) is 10.1. The summed E-state index contributed by atoms with van der Waals surface area (Å²) in [7, 11) is 3.51. The molecule has 0 N–H and O–H groups in total. The molecule has 6 nitrogen and oxygen atoms in total. The fraction of sp³-hybridized carbons (Fsp3) is 0.435. The van der Waals surface area contributed by atoms with Gasteiger partial charge in [0.25, 0.3) is 5.91 Å². The molecule has 0 radical (unpaired) electrons. The van der Waals surface area contributed by atoms with Gasteiger partial charge in [0.1, 0.15) is 0 Å². The van der Waals surface area contributed by atoms with Gasteiger partial charge >= 0.3 is 0 Å². The van der Waals surface area contributed by atoms with E-state index in [1.54, 1.807) is 19.0 Å². The molecule has 0 aliphatic carbocycles. The second-order valence-electron chi connectivity index (χ2n) is 8.48. The smallest absolute Gasteiger partial charge is 0.253 e. The molecule has 29 heavy (non-hydrogen) atoms. The van der Waals surface area contributed by atoms with E-state index in [4.69, 9.17) is 0 Å². The van der Waals surface area contributed by atoms with Crippen molar-refractivity contribution in [3.8, 4) is 0 Å². The molecule has 1 aromatic carbocycles. The van der Waals surface area contributed by atoms with Crippen molar-refractivity contribution in [2.24, 2.45) is 5.92 Å². The summed E-state index contributed by atoms with van der Waals surface area (Å²) in [5, 5.41) is 0. The number of anilines is 1. The maximum atomic E-state index is 12.8. The molecule has 1 saturated heterocycles. The first-order valence-electron chi connectivity index (χ1n) is 10.1. The quantitative estimate of drug-likeness (QED) is 0.803. The highest BCUT2D eigenvalue weighted by Crippen LogP contribution is 2.30. The number of hydrogen-bond donors (Lipinski definition) is 0. The first kappa shape index (κ1) is 19.4. The second-order valence-corrected chi connectivity index (χ2v) is 8.48. The lowest BCUT2D eigenvalue weighted by atomic mass is 9.94. The van der Waals surface area contributed by atoms with Gasteiger partial charge in [-0.1, -0.05) is 0 Å². The number of carbonyl (C=O) groups excluding carboxylic acids is 2. The molecule has 0 saturated carbocycles. The summed E-state index contributed by atoms with van der Waals surface area (Å²) in [6.07, 6.45) is 0.583. The predicted octanol–water partition coefficient (Wildman–Crippen LogP) is 2.77. The van der Waals surface area contributed by atoms with E-state index in [2.05, 4.69) is 22.9 Å². The zero-order valence-corrected chi connectivity index (χ0v) is 17.6. The monoisotopic (exact) mass is 392 g/mol. The third-order valence-corrected chi connectivity index (χ3v) is 5.91. The van der Waals surface area contributed by atoms with Crippen molar-refractivity contribution in [3.05, 3.63) is 58.4 Å². The highest BCUT2D eigenvalue weighted by Gasteiger charge is 2.32. The van der Waals surface area contributed by atoms with Crippen molar-refractivity contribution in [2.75, 3.05) is 32.1 Å². The van der Waals surface area contributed by atoms with Gasteiger partial charge in [-0.2, -0.15) is 0 Å². The fourth-order valence-electron chi connectivity index (χ4n) is 4.25. The van der Waals surface area contributed by atoms with Gasteiger partial charge in [0.2, 0.25) is 5.91 Å². The SMILES string of the molecule is Cc1cc(C)c2c(n1)CN(C(=O)CC1CN(c3ccc(C(=O)N(C)C)cc3)C1)C2. The lowest BCUT2D eigenvalue weighted by Crippen LogP contribution is -2.48. The summed E-state index contributed by atoms with van der Waals surface area (Å²) < 4.78 is 0. The van der Waals surface area contributed by atoms with Gasteiger partial charge < -0.3 is 14.7 Å². The summed E-state index contributed by atoms with van der Waals surface area (Å²) in [6, 6.07) is 9.81. The van der Waals surface area contributed by atoms with Crippen LogP contribution in [0.25, 0.3) is 0 Å². The average Bonchev–Trinajstić information content (AvgIpc) is 3.08. The van der Waals surface area contributed by atoms with Crippen molar-refractivity contribution in [3.63, 3.8) is 0 Å². The minimum Gasteiger partial charge on any atom is -0.371 e. The molecular weight excluding hydrogens is 364 g/mol. The maximum Gasteiger partial charge on any atom is 0.253 e. The van der Waals surface area contributed by atoms with Crippen LogP contribution in [0.4, 0.5) is 5.69 Å². The molecule has 3 heterocycles. The van der Waals surface area contributed by atoms with Crippen LogP contribution in [0.2, 0.25) is 0 Å². The number of aryl methyl sites for hydroxylation is 2. The highest BCUT2D eigenvalue weighted by molar-refractivity contribution is 5.94. The Labute approximate surface area is 172 Å². The van der Waals surface area contributed by atoms with Crippen LogP contribution in [0.5, 0.6) is 0 Å². The van der Waals surface area contributed by atoms with Gasteiger partial charge in [-0.25, -0.2) is 0 Å². The van der Waals surface area contributed by atoms with Crippen LogP contribution in [0.1, 0.15) is 39.3 Å². The number of benzene rings is 1. The Hall–Kier alpha value is -2.89. The average molecular weight is 393 g/mol. The van der Waals surface area contributed by atoms with Gasteiger partial charge in [-0.05, 0) is 55.3 Å². The summed E-state index contributed by atoms with van der Waals surface area (Å²) in [6.45, 7) is 7.18. The van der Waals surface area contributed by atoms with Crippen LogP contribution in [0, 0.1) is 19.8 Å². The summed E-state index contributed by atoms with van der Waals surface area (Å²) in [4.78, 5) is 35.2. The van der Waals surface area contributed by atoms with E-state index in [-0.39, 0.29) is 11.8 Å². The van der Waals surface area contributed by atoms with Crippen molar-refractivity contribution in [1.82, 2.24) is 14.8 Å². The van der Waals surface area contributed by atoms with Crippen LogP contribution < -0.4 is 4.90 Å². The van der Waals surface area contributed by atoms with Crippen LogP contribution in [-0.4, -0.2) is 53.8 Å². The Kier molecular flexibility index (Phi) is 5.03. The normalized spacial score (nSPS) is 15.9. The Bertz CT molecular complexity index is 946. The first-order chi connectivity index (χ1) is 13.8. The lowest BCUT2D eigenvalue weighted by Gasteiger charge is -2.41. The van der Waals surface area contributed by atoms with Gasteiger partial charge in [0, 0.05) is 63.0 Å². The summed E-state index contributed by atoms with van der Waals surface area (Å²) in [5.41, 5.74) is 6.31. The predicted molar refractivity (Wildman–Crippen MR) is 113 cm³/mol. The Morgan fingerprint density at radius 2 is 1.79 bits per heavy atom. The number of hydrogen-bond acceptors (Lipinski definition) is 4. The third kappa shape index (κ3) is 3.84. The number of pyridine rings is 1. The summed E-state index contributed by atoms with van der Waals surface area (Å²) >= 11 is 0. The number of fused-ring (bicyclic) bond motifs is 1. The molecule has 4 rings (SSSR count). The van der Waals surface area contributed by atoms with E-state index in [0.717, 1.165) is 30.2 Å². The van der Waals surface area contributed by atoms with Crippen LogP contribution in [-0.2, 0) is 17.9 Å². The van der Waals surface area contributed by atoms with E-state index in [1.807, 2.05) is 36.1 Å². The maximum absolute atomic E-state index is 12.8. The molecule has 2 aliphatic heterocycles. The zero-order chi connectivity index (χ0) is 20.7. The third-order valence-electron chi connectivity index (χ3n) is 5.91. The molecule has 2 aromatic rings. The molecule has 0 bridgehead atoms. The Balaban J connectivity index is 1.29. The van der Waals surface area contributed by atoms with Gasteiger partial charge in [0.15, 0.2) is 0 Å². The van der Waals surface area contributed by atoms with Crippen molar-refractivity contribution in [2.45, 2.75) is 33.4 Å². The van der Waals surface area contributed by atoms with E-state index >= 15 is 0 Å². The molecule has 0 unspecified atom stereocenters. The van der Waals surface area contributed by atoms with Crippen LogP contribution >= 0.6 is 0 Å². The zero-order valence-electron chi connectivity index (χ0n) is 17.6. The van der Waals surface area contributed by atoms with Gasteiger partial charge in [-0.3, -0.25) is 14.6 Å². The Morgan fingerprint density at radius 3 is 2.45 bits per heavy atom. The van der Waals surface area contributed by atoms with E-state index in [1.165, 1.54) is 11.1 Å².